The molecular formula is C18H25ClN4O2. The van der Waals surface area contributed by atoms with Gasteiger partial charge >= 0.3 is 11.8 Å². The van der Waals surface area contributed by atoms with Gasteiger partial charge in [-0.3, -0.25) is 14.5 Å². The van der Waals surface area contributed by atoms with E-state index in [1.165, 1.54) is 11.8 Å². The van der Waals surface area contributed by atoms with Gasteiger partial charge in [-0.25, -0.2) is 0 Å². The van der Waals surface area contributed by atoms with Crippen LogP contribution in [-0.4, -0.2) is 62.5 Å². The molecule has 1 fully saturated rings. The summed E-state index contributed by atoms with van der Waals surface area (Å²) in [5.41, 5.74) is 1.20. The molecule has 6 nitrogen and oxygen atoms in total. The predicted molar refractivity (Wildman–Crippen MR) is 101 cm³/mol. The lowest BCUT2D eigenvalue weighted by Gasteiger charge is -2.36. The van der Waals surface area contributed by atoms with E-state index in [2.05, 4.69) is 27.0 Å². The quantitative estimate of drug-likeness (QED) is 0.434. The first kappa shape index (κ1) is 19.3. The molecular weight excluding hydrogens is 340 g/mol. The zero-order chi connectivity index (χ0) is 18.1. The second kappa shape index (κ2) is 10.1. The SMILES string of the molecule is C=CCNC(=O)C(=O)NCCCN1CCN(c2ccc(Cl)cc2)CC1. The monoisotopic (exact) mass is 364 g/mol. The van der Waals surface area contributed by atoms with Crippen molar-refractivity contribution >= 4 is 29.1 Å². The topological polar surface area (TPSA) is 64.7 Å². The summed E-state index contributed by atoms with van der Waals surface area (Å²) in [5.74, 6) is -1.20. The Morgan fingerprint density at radius 3 is 2.36 bits per heavy atom. The van der Waals surface area contributed by atoms with Crippen LogP contribution in [-0.2, 0) is 9.59 Å². The zero-order valence-corrected chi connectivity index (χ0v) is 15.1. The summed E-state index contributed by atoms with van der Waals surface area (Å²) in [4.78, 5) is 27.6. The van der Waals surface area contributed by atoms with Crippen molar-refractivity contribution in [3.05, 3.63) is 41.9 Å². The largest absolute Gasteiger partial charge is 0.369 e. The van der Waals surface area contributed by atoms with Crippen LogP contribution in [0, 0.1) is 0 Å². The van der Waals surface area contributed by atoms with Gasteiger partial charge in [-0.1, -0.05) is 17.7 Å². The summed E-state index contributed by atoms with van der Waals surface area (Å²) >= 11 is 5.93. The normalized spacial score (nSPS) is 14.8. The van der Waals surface area contributed by atoms with Crippen molar-refractivity contribution in [1.29, 1.82) is 0 Å². The molecule has 2 amide bonds. The lowest BCUT2D eigenvalue weighted by molar-refractivity contribution is -0.139. The maximum Gasteiger partial charge on any atom is 0.309 e. The van der Waals surface area contributed by atoms with Gasteiger partial charge in [-0.2, -0.15) is 0 Å². The molecule has 1 aliphatic rings. The van der Waals surface area contributed by atoms with Crippen molar-refractivity contribution < 1.29 is 9.59 Å². The Morgan fingerprint density at radius 2 is 1.72 bits per heavy atom. The smallest absolute Gasteiger partial charge is 0.309 e. The fourth-order valence-corrected chi connectivity index (χ4v) is 2.84. The van der Waals surface area contributed by atoms with Crippen LogP contribution in [0.1, 0.15) is 6.42 Å². The van der Waals surface area contributed by atoms with Crippen LogP contribution in [0.2, 0.25) is 5.02 Å². The minimum absolute atomic E-state index is 0.296. The molecule has 1 aromatic rings. The summed E-state index contributed by atoms with van der Waals surface area (Å²) in [7, 11) is 0. The summed E-state index contributed by atoms with van der Waals surface area (Å²) in [5, 5.41) is 5.84. The number of hydrogen-bond donors (Lipinski definition) is 2. The Labute approximate surface area is 153 Å². The van der Waals surface area contributed by atoms with Crippen molar-refractivity contribution in [1.82, 2.24) is 15.5 Å². The number of halogens is 1. The second-order valence-electron chi connectivity index (χ2n) is 5.91. The lowest BCUT2D eigenvalue weighted by atomic mass is 10.2. The molecule has 7 heteroatoms. The molecule has 2 rings (SSSR count). The molecule has 1 aromatic carbocycles. The Hall–Kier alpha value is -2.05. The van der Waals surface area contributed by atoms with E-state index in [0.29, 0.717) is 13.1 Å². The van der Waals surface area contributed by atoms with Gasteiger partial charge in [0, 0.05) is 50.0 Å². The number of benzene rings is 1. The molecule has 0 aliphatic carbocycles. The Balaban J connectivity index is 1.61. The number of carbonyl (C=O) groups excluding carboxylic acids is 2. The first-order valence-corrected chi connectivity index (χ1v) is 8.87. The third kappa shape index (κ3) is 6.40. The zero-order valence-electron chi connectivity index (χ0n) is 14.3. The van der Waals surface area contributed by atoms with Gasteiger partial charge in [0.1, 0.15) is 0 Å². The van der Waals surface area contributed by atoms with Gasteiger partial charge in [0.05, 0.1) is 0 Å². The number of piperazine rings is 1. The lowest BCUT2D eigenvalue weighted by Crippen LogP contribution is -2.47. The van der Waals surface area contributed by atoms with Crippen LogP contribution in [0.15, 0.2) is 36.9 Å². The van der Waals surface area contributed by atoms with E-state index < -0.39 is 11.8 Å². The number of nitrogens with one attached hydrogen (secondary N) is 2. The highest BCUT2D eigenvalue weighted by molar-refractivity contribution is 6.35. The molecule has 136 valence electrons. The van der Waals surface area contributed by atoms with Crippen LogP contribution < -0.4 is 15.5 Å². The summed E-state index contributed by atoms with van der Waals surface area (Å²) in [6.45, 7) is 9.09. The predicted octanol–water partition coefficient (Wildman–Crippen LogP) is 1.27. The van der Waals surface area contributed by atoms with E-state index in [1.54, 1.807) is 0 Å². The van der Waals surface area contributed by atoms with Crippen LogP contribution >= 0.6 is 11.6 Å². The summed E-state index contributed by atoms with van der Waals surface area (Å²) < 4.78 is 0. The van der Waals surface area contributed by atoms with Crippen molar-refractivity contribution in [2.24, 2.45) is 0 Å². The molecule has 0 spiro atoms. The van der Waals surface area contributed by atoms with Gasteiger partial charge in [-0.15, -0.1) is 6.58 Å². The maximum absolute atomic E-state index is 11.5. The molecule has 0 radical (unpaired) electrons. The van der Waals surface area contributed by atoms with Gasteiger partial charge in [-0.05, 0) is 37.2 Å². The third-order valence-electron chi connectivity index (χ3n) is 4.11. The third-order valence-corrected chi connectivity index (χ3v) is 4.37. The molecule has 25 heavy (non-hydrogen) atoms. The Morgan fingerprint density at radius 1 is 1.08 bits per heavy atom. The molecule has 1 aliphatic heterocycles. The van der Waals surface area contributed by atoms with E-state index in [4.69, 9.17) is 11.6 Å². The second-order valence-corrected chi connectivity index (χ2v) is 6.35. The van der Waals surface area contributed by atoms with E-state index in [1.807, 2.05) is 24.3 Å². The van der Waals surface area contributed by atoms with Crippen LogP contribution in [0.3, 0.4) is 0 Å². The molecule has 0 saturated carbocycles. The number of nitrogens with zero attached hydrogens (tertiary/aromatic N) is 2. The number of carbonyl (C=O) groups is 2. The van der Waals surface area contributed by atoms with Crippen molar-refractivity contribution in [3.8, 4) is 0 Å². The minimum atomic E-state index is -0.614. The highest BCUT2D eigenvalue weighted by Gasteiger charge is 2.17. The van der Waals surface area contributed by atoms with E-state index in [9.17, 15) is 9.59 Å². The molecule has 0 atom stereocenters. The van der Waals surface area contributed by atoms with E-state index in [-0.39, 0.29) is 0 Å². The van der Waals surface area contributed by atoms with Crippen LogP contribution in [0.25, 0.3) is 0 Å². The first-order valence-electron chi connectivity index (χ1n) is 8.50. The van der Waals surface area contributed by atoms with E-state index in [0.717, 1.165) is 44.2 Å². The van der Waals surface area contributed by atoms with Gasteiger partial charge in [0.25, 0.3) is 0 Å². The van der Waals surface area contributed by atoms with Crippen molar-refractivity contribution in [2.45, 2.75) is 6.42 Å². The van der Waals surface area contributed by atoms with Gasteiger partial charge in [0.15, 0.2) is 0 Å². The standard InChI is InChI=1S/C18H25ClN4O2/c1-2-8-20-17(24)18(25)21-9-3-10-22-11-13-23(14-12-22)16-6-4-15(19)5-7-16/h2,4-7H,1,3,8-14H2,(H,20,24)(H,21,25). The van der Waals surface area contributed by atoms with Gasteiger partial charge in [0.2, 0.25) is 0 Å². The van der Waals surface area contributed by atoms with Crippen molar-refractivity contribution in [3.63, 3.8) is 0 Å². The van der Waals surface area contributed by atoms with E-state index >= 15 is 0 Å². The highest BCUT2D eigenvalue weighted by Crippen LogP contribution is 2.19. The molecule has 1 saturated heterocycles. The molecule has 2 N–H and O–H groups in total. The average molecular weight is 365 g/mol. The Kier molecular flexibility index (Phi) is 7.76. The molecule has 0 aromatic heterocycles. The van der Waals surface area contributed by atoms with Crippen LogP contribution in [0.5, 0.6) is 0 Å². The molecule has 1 heterocycles. The fourth-order valence-electron chi connectivity index (χ4n) is 2.71. The molecule has 0 unspecified atom stereocenters. The van der Waals surface area contributed by atoms with Gasteiger partial charge < -0.3 is 15.5 Å². The average Bonchev–Trinajstić information content (AvgIpc) is 2.64. The Bertz CT molecular complexity index is 583. The van der Waals surface area contributed by atoms with Crippen molar-refractivity contribution in [2.75, 3.05) is 50.7 Å². The van der Waals surface area contributed by atoms with Crippen LogP contribution in [0.4, 0.5) is 5.69 Å². The number of hydrogen-bond acceptors (Lipinski definition) is 4. The number of rotatable bonds is 7. The maximum atomic E-state index is 11.5. The summed E-state index contributed by atoms with van der Waals surface area (Å²) in [6.07, 6.45) is 2.36. The number of amides is 2. The number of anilines is 1. The highest BCUT2D eigenvalue weighted by atomic mass is 35.5. The summed E-state index contributed by atoms with van der Waals surface area (Å²) in [6, 6.07) is 7.92. The fraction of sp³-hybridized carbons (Fsp3) is 0.444. The first-order chi connectivity index (χ1) is 12.1. The minimum Gasteiger partial charge on any atom is -0.369 e. The molecule has 0 bridgehead atoms.